The SMILES string of the molecule is CCOc1ccc(CCC(O)C(C)O)cc1C(C)C. The number of benzene rings is 1. The molecule has 1 aromatic carbocycles. The van der Waals surface area contributed by atoms with Crippen LogP contribution >= 0.6 is 0 Å². The number of hydrogen-bond donors (Lipinski definition) is 2. The van der Waals surface area contributed by atoms with E-state index < -0.39 is 12.2 Å². The summed E-state index contributed by atoms with van der Waals surface area (Å²) in [5.41, 5.74) is 2.37. The van der Waals surface area contributed by atoms with Gasteiger partial charge in [-0.3, -0.25) is 0 Å². The summed E-state index contributed by atoms with van der Waals surface area (Å²) in [6.45, 7) is 8.55. The molecular formula is C16H26O3. The van der Waals surface area contributed by atoms with E-state index in [1.807, 2.05) is 19.1 Å². The van der Waals surface area contributed by atoms with Crippen molar-refractivity contribution in [2.45, 2.75) is 58.7 Å². The van der Waals surface area contributed by atoms with E-state index in [1.54, 1.807) is 6.92 Å². The molecule has 0 fully saturated rings. The summed E-state index contributed by atoms with van der Waals surface area (Å²) in [6, 6.07) is 6.18. The van der Waals surface area contributed by atoms with Gasteiger partial charge in [0.15, 0.2) is 0 Å². The molecule has 0 saturated carbocycles. The van der Waals surface area contributed by atoms with Gasteiger partial charge in [-0.1, -0.05) is 26.0 Å². The zero-order chi connectivity index (χ0) is 14.4. The number of aliphatic hydroxyl groups excluding tert-OH is 2. The minimum atomic E-state index is -0.674. The molecule has 3 heteroatoms. The molecule has 0 aliphatic carbocycles. The lowest BCUT2D eigenvalue weighted by molar-refractivity contribution is 0.0265. The van der Waals surface area contributed by atoms with Gasteiger partial charge in [0.1, 0.15) is 5.75 Å². The molecule has 0 radical (unpaired) electrons. The number of rotatable bonds is 7. The van der Waals surface area contributed by atoms with Crippen molar-refractivity contribution in [3.63, 3.8) is 0 Å². The highest BCUT2D eigenvalue weighted by molar-refractivity contribution is 5.39. The molecule has 0 saturated heterocycles. The molecule has 1 rings (SSSR count). The van der Waals surface area contributed by atoms with Crippen LogP contribution in [0.3, 0.4) is 0 Å². The fourth-order valence-corrected chi connectivity index (χ4v) is 2.05. The molecule has 0 aromatic heterocycles. The van der Waals surface area contributed by atoms with Gasteiger partial charge in [-0.2, -0.15) is 0 Å². The van der Waals surface area contributed by atoms with E-state index >= 15 is 0 Å². The zero-order valence-electron chi connectivity index (χ0n) is 12.4. The molecule has 108 valence electrons. The predicted molar refractivity (Wildman–Crippen MR) is 77.7 cm³/mol. The minimum absolute atomic E-state index is 0.406. The third kappa shape index (κ3) is 4.84. The third-order valence-electron chi connectivity index (χ3n) is 3.28. The normalized spacial score (nSPS) is 14.5. The fourth-order valence-electron chi connectivity index (χ4n) is 2.05. The van der Waals surface area contributed by atoms with Gasteiger partial charge in [0, 0.05) is 0 Å². The van der Waals surface area contributed by atoms with Crippen molar-refractivity contribution in [3.8, 4) is 5.75 Å². The molecule has 0 amide bonds. The van der Waals surface area contributed by atoms with Crippen LogP contribution in [-0.4, -0.2) is 29.0 Å². The van der Waals surface area contributed by atoms with Gasteiger partial charge in [0.2, 0.25) is 0 Å². The van der Waals surface area contributed by atoms with Crippen LogP contribution in [0.2, 0.25) is 0 Å². The highest BCUT2D eigenvalue weighted by Gasteiger charge is 2.12. The second-order valence-electron chi connectivity index (χ2n) is 5.31. The Morgan fingerprint density at radius 1 is 1.16 bits per heavy atom. The Labute approximate surface area is 116 Å². The molecule has 2 unspecified atom stereocenters. The molecule has 0 spiro atoms. The van der Waals surface area contributed by atoms with Gasteiger partial charge in [0.05, 0.1) is 18.8 Å². The fraction of sp³-hybridized carbons (Fsp3) is 0.625. The van der Waals surface area contributed by atoms with Crippen LogP contribution < -0.4 is 4.74 Å². The molecule has 2 N–H and O–H groups in total. The molecule has 19 heavy (non-hydrogen) atoms. The Morgan fingerprint density at radius 2 is 1.84 bits per heavy atom. The lowest BCUT2D eigenvalue weighted by atomic mass is 9.96. The van der Waals surface area contributed by atoms with Crippen LogP contribution in [0.15, 0.2) is 18.2 Å². The number of aliphatic hydroxyl groups is 2. The molecule has 1 aromatic rings. The monoisotopic (exact) mass is 266 g/mol. The lowest BCUT2D eigenvalue weighted by Gasteiger charge is -2.16. The second kappa shape index (κ2) is 7.51. The molecule has 2 atom stereocenters. The quantitative estimate of drug-likeness (QED) is 0.798. The maximum atomic E-state index is 9.63. The highest BCUT2D eigenvalue weighted by atomic mass is 16.5. The van der Waals surface area contributed by atoms with Crippen molar-refractivity contribution in [2.75, 3.05) is 6.61 Å². The minimum Gasteiger partial charge on any atom is -0.494 e. The zero-order valence-corrected chi connectivity index (χ0v) is 12.4. The summed E-state index contributed by atoms with van der Waals surface area (Å²) in [5, 5.41) is 18.9. The lowest BCUT2D eigenvalue weighted by Crippen LogP contribution is -2.22. The predicted octanol–water partition coefficient (Wildman–Crippen LogP) is 2.88. The van der Waals surface area contributed by atoms with E-state index in [0.29, 0.717) is 18.9 Å². The summed E-state index contributed by atoms with van der Waals surface area (Å²) >= 11 is 0. The molecule has 0 heterocycles. The number of ether oxygens (including phenoxy) is 1. The van der Waals surface area contributed by atoms with Crippen molar-refractivity contribution in [3.05, 3.63) is 29.3 Å². The maximum Gasteiger partial charge on any atom is 0.122 e. The first kappa shape index (κ1) is 16.0. The van der Waals surface area contributed by atoms with Crippen LogP contribution in [0.4, 0.5) is 0 Å². The Morgan fingerprint density at radius 3 is 2.37 bits per heavy atom. The van der Waals surface area contributed by atoms with Gasteiger partial charge < -0.3 is 14.9 Å². The van der Waals surface area contributed by atoms with E-state index in [-0.39, 0.29) is 0 Å². The molecule has 0 aliphatic rings. The third-order valence-corrected chi connectivity index (χ3v) is 3.28. The topological polar surface area (TPSA) is 49.7 Å². The van der Waals surface area contributed by atoms with Crippen LogP contribution in [0, 0.1) is 0 Å². The Hall–Kier alpha value is -1.06. The molecule has 0 bridgehead atoms. The van der Waals surface area contributed by atoms with Crippen LogP contribution in [-0.2, 0) is 6.42 Å². The van der Waals surface area contributed by atoms with Gasteiger partial charge in [0.25, 0.3) is 0 Å². The smallest absolute Gasteiger partial charge is 0.122 e. The average molecular weight is 266 g/mol. The summed E-state index contributed by atoms with van der Waals surface area (Å²) in [4.78, 5) is 0. The van der Waals surface area contributed by atoms with Gasteiger partial charge in [-0.05, 0) is 49.8 Å². The van der Waals surface area contributed by atoms with E-state index in [2.05, 4.69) is 19.9 Å². The summed E-state index contributed by atoms with van der Waals surface area (Å²) in [6.07, 6.45) is 0.00260. The first-order chi connectivity index (χ1) is 8.95. The van der Waals surface area contributed by atoms with Crippen LogP contribution in [0.1, 0.15) is 51.2 Å². The summed E-state index contributed by atoms with van der Waals surface area (Å²) in [5.74, 6) is 1.35. The van der Waals surface area contributed by atoms with E-state index in [4.69, 9.17) is 4.74 Å². The highest BCUT2D eigenvalue weighted by Crippen LogP contribution is 2.28. The first-order valence-corrected chi connectivity index (χ1v) is 7.07. The van der Waals surface area contributed by atoms with Crippen molar-refractivity contribution in [1.29, 1.82) is 0 Å². The summed E-state index contributed by atoms with van der Waals surface area (Å²) in [7, 11) is 0. The molecule has 0 aliphatic heterocycles. The Kier molecular flexibility index (Phi) is 6.32. The molecule has 3 nitrogen and oxygen atoms in total. The summed E-state index contributed by atoms with van der Waals surface area (Å²) < 4.78 is 5.63. The van der Waals surface area contributed by atoms with Crippen LogP contribution in [0.5, 0.6) is 5.75 Å². The maximum absolute atomic E-state index is 9.63. The van der Waals surface area contributed by atoms with Gasteiger partial charge in [-0.25, -0.2) is 0 Å². The van der Waals surface area contributed by atoms with Crippen molar-refractivity contribution >= 4 is 0 Å². The molecular weight excluding hydrogens is 240 g/mol. The standard InChI is InChI=1S/C16H26O3/c1-5-19-16-9-7-13(10-14(16)11(2)3)6-8-15(18)12(4)17/h7,9-12,15,17-18H,5-6,8H2,1-4H3. The number of aryl methyl sites for hydroxylation is 1. The van der Waals surface area contributed by atoms with Crippen molar-refractivity contribution in [1.82, 2.24) is 0 Å². The second-order valence-corrected chi connectivity index (χ2v) is 5.31. The van der Waals surface area contributed by atoms with Crippen molar-refractivity contribution < 1.29 is 14.9 Å². The Bertz CT molecular complexity index is 386. The van der Waals surface area contributed by atoms with E-state index in [9.17, 15) is 10.2 Å². The average Bonchev–Trinajstić information content (AvgIpc) is 2.37. The Balaban J connectivity index is 2.78. The van der Waals surface area contributed by atoms with Gasteiger partial charge in [-0.15, -0.1) is 0 Å². The van der Waals surface area contributed by atoms with E-state index in [1.165, 1.54) is 11.1 Å². The van der Waals surface area contributed by atoms with Gasteiger partial charge >= 0.3 is 0 Å². The number of hydrogen-bond acceptors (Lipinski definition) is 3. The van der Waals surface area contributed by atoms with E-state index in [0.717, 1.165) is 12.2 Å². The largest absolute Gasteiger partial charge is 0.494 e. The first-order valence-electron chi connectivity index (χ1n) is 7.07. The van der Waals surface area contributed by atoms with Crippen molar-refractivity contribution in [2.24, 2.45) is 0 Å². The van der Waals surface area contributed by atoms with Crippen LogP contribution in [0.25, 0.3) is 0 Å².